The Hall–Kier alpha value is -0.280. The minimum atomic E-state index is -0.278. The van der Waals surface area contributed by atoms with Gasteiger partial charge in [-0.2, -0.15) is 0 Å². The first-order valence-electron chi connectivity index (χ1n) is 5.99. The first-order valence-corrected chi connectivity index (χ1v) is 5.99. The Morgan fingerprint density at radius 1 is 1.38 bits per heavy atom. The standard InChI is InChI=1S/C12H26N2O.ClH/c1-5-7-8-10(9-13)14-11(15)12(3,4)6-2;/h10H,5-9,13H2,1-4H3,(H,14,15);1H. The van der Waals surface area contributed by atoms with Crippen LogP contribution in [0.1, 0.15) is 53.4 Å². The predicted molar refractivity (Wildman–Crippen MR) is 71.8 cm³/mol. The second kappa shape index (κ2) is 8.82. The Morgan fingerprint density at radius 2 is 1.94 bits per heavy atom. The van der Waals surface area contributed by atoms with E-state index in [1.54, 1.807) is 0 Å². The summed E-state index contributed by atoms with van der Waals surface area (Å²) < 4.78 is 0. The van der Waals surface area contributed by atoms with Crippen LogP contribution in [-0.2, 0) is 4.79 Å². The fourth-order valence-electron chi connectivity index (χ4n) is 1.24. The van der Waals surface area contributed by atoms with E-state index in [-0.39, 0.29) is 29.8 Å². The molecule has 1 atom stereocenters. The highest BCUT2D eigenvalue weighted by atomic mass is 35.5. The van der Waals surface area contributed by atoms with Crippen LogP contribution in [0.25, 0.3) is 0 Å². The van der Waals surface area contributed by atoms with Crippen LogP contribution in [0, 0.1) is 5.41 Å². The van der Waals surface area contributed by atoms with Crippen molar-refractivity contribution >= 4 is 18.3 Å². The molecule has 1 unspecified atom stereocenters. The number of hydrogen-bond donors (Lipinski definition) is 2. The zero-order valence-corrected chi connectivity index (χ0v) is 11.8. The number of nitrogens with two attached hydrogens (primary N) is 1. The minimum absolute atomic E-state index is 0. The lowest BCUT2D eigenvalue weighted by Crippen LogP contribution is -2.45. The summed E-state index contributed by atoms with van der Waals surface area (Å²) in [4.78, 5) is 11.9. The van der Waals surface area contributed by atoms with Gasteiger partial charge in [-0.1, -0.05) is 40.5 Å². The second-order valence-electron chi connectivity index (χ2n) is 4.79. The van der Waals surface area contributed by atoms with E-state index in [1.807, 2.05) is 20.8 Å². The second-order valence-corrected chi connectivity index (χ2v) is 4.79. The molecule has 0 bridgehead atoms. The maximum absolute atomic E-state index is 11.9. The number of carbonyl (C=O) groups is 1. The molecule has 0 aliphatic carbocycles. The summed E-state index contributed by atoms with van der Waals surface area (Å²) in [5, 5.41) is 3.03. The van der Waals surface area contributed by atoms with E-state index < -0.39 is 0 Å². The summed E-state index contributed by atoms with van der Waals surface area (Å²) in [6, 6.07) is 0.142. The molecule has 0 heterocycles. The van der Waals surface area contributed by atoms with Crippen molar-refractivity contribution in [1.82, 2.24) is 5.32 Å². The predicted octanol–water partition coefficient (Wildman–Crippen LogP) is 2.48. The maximum Gasteiger partial charge on any atom is 0.225 e. The quantitative estimate of drug-likeness (QED) is 0.730. The highest BCUT2D eigenvalue weighted by Crippen LogP contribution is 2.19. The van der Waals surface area contributed by atoms with Crippen LogP contribution in [0.15, 0.2) is 0 Å². The van der Waals surface area contributed by atoms with Crippen LogP contribution in [0.2, 0.25) is 0 Å². The molecule has 0 fully saturated rings. The number of carbonyl (C=O) groups excluding carboxylic acids is 1. The van der Waals surface area contributed by atoms with Crippen LogP contribution in [0.4, 0.5) is 0 Å². The number of halogens is 1. The van der Waals surface area contributed by atoms with Crippen LogP contribution in [-0.4, -0.2) is 18.5 Å². The first-order chi connectivity index (χ1) is 6.97. The molecule has 0 spiro atoms. The number of nitrogens with one attached hydrogen (secondary N) is 1. The van der Waals surface area contributed by atoms with Crippen LogP contribution >= 0.6 is 12.4 Å². The lowest BCUT2D eigenvalue weighted by Gasteiger charge is -2.25. The third kappa shape index (κ3) is 6.33. The van der Waals surface area contributed by atoms with Crippen molar-refractivity contribution in [2.24, 2.45) is 11.1 Å². The van der Waals surface area contributed by atoms with Gasteiger partial charge in [-0.15, -0.1) is 12.4 Å². The molecule has 0 aromatic heterocycles. The molecular weight excluding hydrogens is 224 g/mol. The zero-order valence-electron chi connectivity index (χ0n) is 11.0. The topological polar surface area (TPSA) is 55.1 Å². The van der Waals surface area contributed by atoms with E-state index in [4.69, 9.17) is 5.73 Å². The molecule has 0 saturated carbocycles. The van der Waals surface area contributed by atoms with E-state index in [9.17, 15) is 4.79 Å². The van der Waals surface area contributed by atoms with Gasteiger partial charge in [-0.05, 0) is 12.8 Å². The van der Waals surface area contributed by atoms with E-state index in [2.05, 4.69) is 12.2 Å². The molecule has 0 aromatic rings. The van der Waals surface area contributed by atoms with E-state index in [1.165, 1.54) is 0 Å². The minimum Gasteiger partial charge on any atom is -0.352 e. The average Bonchev–Trinajstić information content (AvgIpc) is 2.23. The smallest absolute Gasteiger partial charge is 0.225 e. The molecule has 4 heteroatoms. The third-order valence-corrected chi connectivity index (χ3v) is 3.02. The summed E-state index contributed by atoms with van der Waals surface area (Å²) in [5.74, 6) is 0.122. The highest BCUT2D eigenvalue weighted by molar-refractivity contribution is 5.85. The Labute approximate surface area is 106 Å². The van der Waals surface area contributed by atoms with E-state index >= 15 is 0 Å². The Morgan fingerprint density at radius 3 is 2.31 bits per heavy atom. The van der Waals surface area contributed by atoms with Gasteiger partial charge in [0, 0.05) is 18.0 Å². The van der Waals surface area contributed by atoms with Gasteiger partial charge in [0.25, 0.3) is 0 Å². The molecule has 0 aliphatic rings. The normalized spacial score (nSPS) is 12.8. The van der Waals surface area contributed by atoms with E-state index in [0.29, 0.717) is 6.54 Å². The number of hydrogen-bond acceptors (Lipinski definition) is 2. The number of unbranched alkanes of at least 4 members (excludes halogenated alkanes) is 1. The van der Waals surface area contributed by atoms with Gasteiger partial charge in [-0.25, -0.2) is 0 Å². The molecule has 0 radical (unpaired) electrons. The summed E-state index contributed by atoms with van der Waals surface area (Å²) in [5.41, 5.74) is 5.35. The van der Waals surface area contributed by atoms with Gasteiger partial charge < -0.3 is 11.1 Å². The summed E-state index contributed by atoms with van der Waals surface area (Å²) in [6.07, 6.45) is 4.10. The van der Waals surface area contributed by atoms with Crippen molar-refractivity contribution in [3.05, 3.63) is 0 Å². The van der Waals surface area contributed by atoms with Crippen LogP contribution in [0.5, 0.6) is 0 Å². The molecule has 0 saturated heterocycles. The van der Waals surface area contributed by atoms with Crippen molar-refractivity contribution in [3.63, 3.8) is 0 Å². The molecule has 0 aliphatic heterocycles. The molecule has 98 valence electrons. The summed E-state index contributed by atoms with van der Waals surface area (Å²) in [6.45, 7) is 8.64. The average molecular weight is 251 g/mol. The fraction of sp³-hybridized carbons (Fsp3) is 0.917. The third-order valence-electron chi connectivity index (χ3n) is 3.02. The molecule has 3 nitrogen and oxygen atoms in total. The van der Waals surface area contributed by atoms with Gasteiger partial charge in [0.2, 0.25) is 5.91 Å². The van der Waals surface area contributed by atoms with Gasteiger partial charge in [-0.3, -0.25) is 4.79 Å². The molecule has 3 N–H and O–H groups in total. The van der Waals surface area contributed by atoms with Crippen molar-refractivity contribution < 1.29 is 4.79 Å². The molecular formula is C12H27ClN2O. The fourth-order valence-corrected chi connectivity index (χ4v) is 1.24. The van der Waals surface area contributed by atoms with Gasteiger partial charge in [0.05, 0.1) is 0 Å². The molecule has 0 rings (SSSR count). The Kier molecular flexibility index (Phi) is 9.98. The number of amides is 1. The first kappa shape index (κ1) is 18.1. The summed E-state index contributed by atoms with van der Waals surface area (Å²) in [7, 11) is 0. The zero-order chi connectivity index (χ0) is 11.9. The molecule has 1 amide bonds. The van der Waals surface area contributed by atoms with Crippen molar-refractivity contribution in [2.75, 3.05) is 6.54 Å². The maximum atomic E-state index is 11.9. The largest absolute Gasteiger partial charge is 0.352 e. The van der Waals surface area contributed by atoms with Crippen molar-refractivity contribution in [3.8, 4) is 0 Å². The SMILES string of the molecule is CCCCC(CN)NC(=O)C(C)(C)CC.Cl. The Balaban J connectivity index is 0. The van der Waals surface area contributed by atoms with Gasteiger partial charge in [0.1, 0.15) is 0 Å². The van der Waals surface area contributed by atoms with Crippen LogP contribution < -0.4 is 11.1 Å². The van der Waals surface area contributed by atoms with Gasteiger partial charge in [0.15, 0.2) is 0 Å². The lowest BCUT2D eigenvalue weighted by atomic mass is 9.89. The summed E-state index contributed by atoms with van der Waals surface area (Å²) >= 11 is 0. The number of rotatable bonds is 7. The van der Waals surface area contributed by atoms with Crippen LogP contribution in [0.3, 0.4) is 0 Å². The lowest BCUT2D eigenvalue weighted by molar-refractivity contribution is -0.130. The van der Waals surface area contributed by atoms with Crippen molar-refractivity contribution in [1.29, 1.82) is 0 Å². The molecule has 16 heavy (non-hydrogen) atoms. The van der Waals surface area contributed by atoms with E-state index in [0.717, 1.165) is 25.7 Å². The van der Waals surface area contributed by atoms with Crippen molar-refractivity contribution in [2.45, 2.75) is 59.4 Å². The highest BCUT2D eigenvalue weighted by Gasteiger charge is 2.26. The van der Waals surface area contributed by atoms with Gasteiger partial charge >= 0.3 is 0 Å². The molecule has 0 aromatic carbocycles. The monoisotopic (exact) mass is 250 g/mol. The Bertz CT molecular complexity index is 195.